The van der Waals surface area contributed by atoms with Crippen LogP contribution in [0.1, 0.15) is 42.9 Å². The van der Waals surface area contributed by atoms with Crippen molar-refractivity contribution < 1.29 is 37.1 Å². The van der Waals surface area contributed by atoms with E-state index in [9.17, 15) is 22.8 Å². The van der Waals surface area contributed by atoms with Crippen molar-refractivity contribution in [3.05, 3.63) is 65.2 Å². The number of ether oxygens (including phenoxy) is 2. The molecule has 2 heterocycles. The number of carbonyl (C=O) groups is 2. The lowest BCUT2D eigenvalue weighted by molar-refractivity contribution is -0.138. The second-order valence-corrected chi connectivity index (χ2v) is 8.98. The van der Waals surface area contributed by atoms with Crippen LogP contribution in [0.25, 0.3) is 0 Å². The summed E-state index contributed by atoms with van der Waals surface area (Å²) in [5, 5.41) is 6.81. The number of carbonyl (C=O) groups excluding carboxylic acids is 2. The van der Waals surface area contributed by atoms with Crippen molar-refractivity contribution in [1.29, 1.82) is 0 Å². The fourth-order valence-electron chi connectivity index (χ4n) is 4.22. The van der Waals surface area contributed by atoms with Gasteiger partial charge in [-0.25, -0.2) is 4.79 Å². The van der Waals surface area contributed by atoms with Crippen molar-refractivity contribution in [2.75, 3.05) is 26.2 Å². The van der Waals surface area contributed by atoms with Gasteiger partial charge in [0.05, 0.1) is 17.8 Å². The molecule has 2 aromatic rings. The average Bonchev–Trinajstić information content (AvgIpc) is 3.25. The first-order chi connectivity index (χ1) is 17.7. The number of alkyl carbamates (subject to hydrolysis) is 1. The number of nitrogens with zero attached hydrogens (tertiary/aromatic N) is 2. The molecule has 2 aliphatic heterocycles. The number of amides is 2. The summed E-state index contributed by atoms with van der Waals surface area (Å²) in [6, 6.07) is 11.8. The molecule has 0 atom stereocenters. The standard InChI is InChI=1S/C26H28F3N3O5/c1-2-22(31-36-15-18-3-7-20(8-4-18)26(27,28)29)19-5-9-21(10-6-19)35-16-23(33)32-13-11-25(12-14-32)17-30-24(34)37-25/h3-10H,2,11-17H2,1H3,(H,30,34)/b31-22+. The minimum atomic E-state index is -4.38. The smallest absolute Gasteiger partial charge is 0.416 e. The van der Waals surface area contributed by atoms with Gasteiger partial charge in [-0.05, 0) is 53.9 Å². The van der Waals surface area contributed by atoms with E-state index in [-0.39, 0.29) is 19.1 Å². The van der Waals surface area contributed by atoms with Gasteiger partial charge in [0.15, 0.2) is 6.61 Å². The summed E-state index contributed by atoms with van der Waals surface area (Å²) in [5.41, 5.74) is 0.819. The molecule has 2 saturated heterocycles. The average molecular weight is 520 g/mol. The van der Waals surface area contributed by atoms with E-state index in [2.05, 4.69) is 10.5 Å². The lowest BCUT2D eigenvalue weighted by atomic mass is 9.91. The third-order valence-corrected chi connectivity index (χ3v) is 6.46. The molecule has 198 valence electrons. The summed E-state index contributed by atoms with van der Waals surface area (Å²) >= 11 is 0. The fourth-order valence-corrected chi connectivity index (χ4v) is 4.22. The van der Waals surface area contributed by atoms with Gasteiger partial charge in [0, 0.05) is 25.9 Å². The molecule has 0 radical (unpaired) electrons. The summed E-state index contributed by atoms with van der Waals surface area (Å²) in [4.78, 5) is 31.0. The van der Waals surface area contributed by atoms with Gasteiger partial charge in [-0.2, -0.15) is 13.2 Å². The number of nitrogens with one attached hydrogen (secondary N) is 1. The summed E-state index contributed by atoms with van der Waals surface area (Å²) in [6.45, 7) is 3.32. The SMILES string of the molecule is CC/C(=N\OCc1ccc(C(F)(F)F)cc1)c1ccc(OCC(=O)N2CCC3(CC2)CNC(=O)O3)cc1. The Morgan fingerprint density at radius 2 is 1.78 bits per heavy atom. The molecule has 0 saturated carbocycles. The fraction of sp³-hybridized carbons (Fsp3) is 0.423. The third kappa shape index (κ3) is 6.72. The first-order valence-electron chi connectivity index (χ1n) is 12.0. The van der Waals surface area contributed by atoms with Crippen molar-refractivity contribution >= 4 is 17.7 Å². The maximum atomic E-state index is 12.7. The zero-order valence-electron chi connectivity index (χ0n) is 20.3. The van der Waals surface area contributed by atoms with Gasteiger partial charge < -0.3 is 24.5 Å². The van der Waals surface area contributed by atoms with E-state index in [1.54, 1.807) is 29.2 Å². The minimum absolute atomic E-state index is 0.0432. The summed E-state index contributed by atoms with van der Waals surface area (Å²) in [5.74, 6) is 0.393. The third-order valence-electron chi connectivity index (χ3n) is 6.46. The first-order valence-corrected chi connectivity index (χ1v) is 12.0. The Balaban J connectivity index is 1.24. The highest BCUT2D eigenvalue weighted by molar-refractivity contribution is 6.00. The quantitative estimate of drug-likeness (QED) is 0.409. The van der Waals surface area contributed by atoms with Crippen LogP contribution in [0.2, 0.25) is 0 Å². The number of alkyl halides is 3. The second-order valence-electron chi connectivity index (χ2n) is 8.98. The number of hydrogen-bond donors (Lipinski definition) is 1. The number of piperidine rings is 1. The Morgan fingerprint density at radius 3 is 2.35 bits per heavy atom. The number of hydrogen-bond acceptors (Lipinski definition) is 6. The Morgan fingerprint density at radius 1 is 1.11 bits per heavy atom. The van der Waals surface area contributed by atoms with E-state index >= 15 is 0 Å². The molecule has 1 spiro atoms. The number of oxime groups is 1. The molecule has 2 aliphatic rings. The number of halogens is 3. The monoisotopic (exact) mass is 519 g/mol. The molecule has 0 bridgehead atoms. The maximum Gasteiger partial charge on any atom is 0.416 e. The zero-order chi connectivity index (χ0) is 26.5. The van der Waals surface area contributed by atoms with Crippen LogP contribution in [-0.2, 0) is 27.2 Å². The van der Waals surface area contributed by atoms with Crippen molar-refractivity contribution in [2.24, 2.45) is 5.16 Å². The van der Waals surface area contributed by atoms with Crippen molar-refractivity contribution in [3.8, 4) is 5.75 Å². The van der Waals surface area contributed by atoms with Crippen LogP contribution in [0.5, 0.6) is 5.75 Å². The van der Waals surface area contributed by atoms with Gasteiger partial charge in [0.2, 0.25) is 0 Å². The van der Waals surface area contributed by atoms with E-state index in [4.69, 9.17) is 14.3 Å². The van der Waals surface area contributed by atoms with Crippen LogP contribution in [0, 0.1) is 0 Å². The van der Waals surface area contributed by atoms with Crippen LogP contribution in [0.4, 0.5) is 18.0 Å². The van der Waals surface area contributed by atoms with E-state index in [0.717, 1.165) is 17.7 Å². The Bertz CT molecular complexity index is 1130. The highest BCUT2D eigenvalue weighted by atomic mass is 19.4. The van der Waals surface area contributed by atoms with E-state index in [1.807, 2.05) is 6.92 Å². The van der Waals surface area contributed by atoms with Gasteiger partial charge >= 0.3 is 12.3 Å². The molecule has 0 aromatic heterocycles. The van der Waals surface area contributed by atoms with E-state index in [0.29, 0.717) is 55.9 Å². The van der Waals surface area contributed by atoms with Gasteiger partial charge in [-0.15, -0.1) is 0 Å². The summed E-state index contributed by atoms with van der Waals surface area (Å²) < 4.78 is 49.1. The Kier molecular flexibility index (Phi) is 7.89. The molecule has 2 amide bonds. The molecule has 1 N–H and O–H groups in total. The van der Waals surface area contributed by atoms with Gasteiger partial charge in [-0.1, -0.05) is 24.2 Å². The summed E-state index contributed by atoms with van der Waals surface area (Å²) in [7, 11) is 0. The second kappa shape index (κ2) is 11.1. The first kappa shape index (κ1) is 26.3. The number of benzene rings is 2. The predicted octanol–water partition coefficient (Wildman–Crippen LogP) is 4.52. The van der Waals surface area contributed by atoms with Gasteiger partial charge in [0.1, 0.15) is 18.0 Å². The van der Waals surface area contributed by atoms with Crippen molar-refractivity contribution in [1.82, 2.24) is 10.2 Å². The molecule has 37 heavy (non-hydrogen) atoms. The molecule has 0 aliphatic carbocycles. The van der Waals surface area contributed by atoms with Crippen molar-refractivity contribution in [3.63, 3.8) is 0 Å². The molecule has 0 unspecified atom stereocenters. The van der Waals surface area contributed by atoms with E-state index in [1.165, 1.54) is 12.1 Å². The molecule has 2 fully saturated rings. The predicted molar refractivity (Wildman–Crippen MR) is 128 cm³/mol. The summed E-state index contributed by atoms with van der Waals surface area (Å²) in [6.07, 6.45) is -3.03. The van der Waals surface area contributed by atoms with Crippen molar-refractivity contribution in [2.45, 2.75) is 44.6 Å². The van der Waals surface area contributed by atoms with Crippen LogP contribution in [-0.4, -0.2) is 54.5 Å². The normalized spacial score (nSPS) is 17.4. The largest absolute Gasteiger partial charge is 0.484 e. The molecular weight excluding hydrogens is 491 g/mol. The Labute approximate surface area is 212 Å². The highest BCUT2D eigenvalue weighted by Gasteiger charge is 2.43. The highest BCUT2D eigenvalue weighted by Crippen LogP contribution is 2.30. The zero-order valence-corrected chi connectivity index (χ0v) is 20.3. The van der Waals surface area contributed by atoms with Crippen LogP contribution in [0.3, 0.4) is 0 Å². The van der Waals surface area contributed by atoms with Crippen LogP contribution >= 0.6 is 0 Å². The van der Waals surface area contributed by atoms with Crippen LogP contribution < -0.4 is 10.1 Å². The van der Waals surface area contributed by atoms with Gasteiger partial charge in [-0.3, -0.25) is 4.79 Å². The molecule has 2 aromatic carbocycles. The molecule has 11 heteroatoms. The lowest BCUT2D eigenvalue weighted by Gasteiger charge is -2.37. The van der Waals surface area contributed by atoms with Gasteiger partial charge in [0.25, 0.3) is 5.91 Å². The molecule has 4 rings (SSSR count). The number of rotatable bonds is 8. The maximum absolute atomic E-state index is 12.7. The number of likely N-dealkylation sites (tertiary alicyclic amines) is 1. The lowest BCUT2D eigenvalue weighted by Crippen LogP contribution is -2.49. The molecular formula is C26H28F3N3O5. The van der Waals surface area contributed by atoms with E-state index < -0.39 is 23.4 Å². The van der Waals surface area contributed by atoms with Crippen LogP contribution in [0.15, 0.2) is 53.7 Å². The minimum Gasteiger partial charge on any atom is -0.484 e. The Hall–Kier alpha value is -3.76. The topological polar surface area (TPSA) is 89.5 Å². The molecule has 8 nitrogen and oxygen atoms in total.